The zero-order valence-corrected chi connectivity index (χ0v) is 21.2. The molecule has 1 N–H and O–H groups in total. The van der Waals surface area contributed by atoms with Gasteiger partial charge in [-0.15, -0.1) is 0 Å². The lowest BCUT2D eigenvalue weighted by Crippen LogP contribution is -2.25. The molecule has 0 aliphatic carbocycles. The topological polar surface area (TPSA) is 80.2 Å². The summed E-state index contributed by atoms with van der Waals surface area (Å²) in [6.07, 6.45) is 0.332. The molecule has 0 aliphatic rings. The van der Waals surface area contributed by atoms with Crippen molar-refractivity contribution >= 4 is 34.5 Å². The molecule has 0 bridgehead atoms. The molecular formula is C30H26N4O2S. The van der Waals surface area contributed by atoms with Crippen LogP contribution in [-0.2, 0) is 21.7 Å². The second kappa shape index (κ2) is 11.7. The molecular weight excluding hydrogens is 480 g/mol. The van der Waals surface area contributed by atoms with E-state index in [0.717, 1.165) is 44.4 Å². The first-order chi connectivity index (χ1) is 18.2. The van der Waals surface area contributed by atoms with Gasteiger partial charge in [0, 0.05) is 29.0 Å². The summed E-state index contributed by atoms with van der Waals surface area (Å²) in [6, 6.07) is 32.9. The number of nitrogens with zero attached hydrogens (tertiary/aromatic N) is 3. The first kappa shape index (κ1) is 24.5. The Bertz CT molecular complexity index is 1440. The third-order valence-corrected chi connectivity index (χ3v) is 6.75. The molecule has 0 spiro atoms. The van der Waals surface area contributed by atoms with E-state index in [0.29, 0.717) is 12.2 Å². The maximum Gasteiger partial charge on any atom is 0.331 e. The Kier molecular flexibility index (Phi) is 7.72. The van der Waals surface area contributed by atoms with Crippen LogP contribution in [0.4, 0.5) is 0 Å². The van der Waals surface area contributed by atoms with Crippen LogP contribution in [0.2, 0.25) is 0 Å². The molecule has 0 saturated carbocycles. The Morgan fingerprint density at radius 1 is 0.838 bits per heavy atom. The molecule has 2 heterocycles. The monoisotopic (exact) mass is 506 g/mol. The summed E-state index contributed by atoms with van der Waals surface area (Å²) in [7, 11) is 1.39. The highest BCUT2D eigenvalue weighted by Crippen LogP contribution is 2.23. The van der Waals surface area contributed by atoms with E-state index >= 15 is 0 Å². The van der Waals surface area contributed by atoms with Gasteiger partial charge in [-0.3, -0.25) is 9.98 Å². The predicted octanol–water partition coefficient (Wildman–Crippen LogP) is 5.87. The first-order valence-electron chi connectivity index (χ1n) is 12.0. The maximum atomic E-state index is 12.8. The van der Waals surface area contributed by atoms with Gasteiger partial charge in [-0.2, -0.15) is 0 Å². The number of nitrogens with one attached hydrogen (secondary N) is 1. The molecule has 5 rings (SSSR count). The fraction of sp³-hybridized carbons (Fsp3) is 0.133. The highest BCUT2D eigenvalue weighted by molar-refractivity contribution is 7.98. The molecule has 184 valence electrons. The van der Waals surface area contributed by atoms with Crippen molar-refractivity contribution in [2.75, 3.05) is 7.11 Å². The molecule has 3 aromatic carbocycles. The number of carbonyl (C=O) groups is 1. The number of hydrogen-bond acceptors (Lipinski definition) is 6. The Morgan fingerprint density at radius 3 is 2.16 bits per heavy atom. The van der Waals surface area contributed by atoms with Crippen molar-refractivity contribution < 1.29 is 9.53 Å². The van der Waals surface area contributed by atoms with Crippen molar-refractivity contribution in [1.82, 2.24) is 15.0 Å². The number of esters is 1. The number of hydrogen-bond donors (Lipinski definition) is 1. The van der Waals surface area contributed by atoms with Gasteiger partial charge in [-0.25, -0.2) is 9.78 Å². The van der Waals surface area contributed by atoms with Crippen LogP contribution in [0.25, 0.3) is 11.0 Å². The average molecular weight is 507 g/mol. The van der Waals surface area contributed by atoms with Crippen LogP contribution in [0.1, 0.15) is 22.5 Å². The molecule has 1 unspecified atom stereocenters. The minimum absolute atomic E-state index is 0.332. The minimum Gasteiger partial charge on any atom is -0.467 e. The van der Waals surface area contributed by atoms with Crippen LogP contribution >= 0.6 is 11.8 Å². The third-order valence-electron chi connectivity index (χ3n) is 5.84. The summed E-state index contributed by atoms with van der Waals surface area (Å²) in [6.45, 7) is 0. The summed E-state index contributed by atoms with van der Waals surface area (Å²) >= 11 is 1.59. The van der Waals surface area contributed by atoms with Gasteiger partial charge in [0.2, 0.25) is 0 Å². The van der Waals surface area contributed by atoms with E-state index in [-0.39, 0.29) is 0 Å². The number of aromatic amines is 1. The van der Waals surface area contributed by atoms with E-state index < -0.39 is 12.0 Å². The summed E-state index contributed by atoms with van der Waals surface area (Å²) in [5.41, 5.74) is 6.26. The number of H-pyrrole nitrogens is 1. The zero-order chi connectivity index (χ0) is 25.5. The summed E-state index contributed by atoms with van der Waals surface area (Å²) in [5, 5.41) is 0.848. The van der Waals surface area contributed by atoms with Gasteiger partial charge >= 0.3 is 5.97 Å². The SMILES string of the molecule is COC(=O)C(Cc1cccc(CSc2nc3ccccc3[nH]2)n1)N=C(c1ccccc1)c1ccccc1. The van der Waals surface area contributed by atoms with E-state index in [2.05, 4.69) is 9.97 Å². The minimum atomic E-state index is -0.730. The second-order valence-electron chi connectivity index (χ2n) is 8.42. The fourth-order valence-corrected chi connectivity index (χ4v) is 4.83. The lowest BCUT2D eigenvalue weighted by molar-refractivity contribution is -0.142. The molecule has 0 saturated heterocycles. The standard InChI is InChI=1S/C30H26N4O2S/c1-36-29(35)27(32-28(21-11-4-2-5-12-21)22-13-6-3-7-14-22)19-23-15-10-16-24(31-23)20-37-30-33-25-17-8-9-18-26(25)34-30/h2-18,27H,19-20H2,1H3,(H,33,34). The fourth-order valence-electron chi connectivity index (χ4n) is 4.04. The van der Waals surface area contributed by atoms with Crippen molar-refractivity contribution in [3.8, 4) is 0 Å². The van der Waals surface area contributed by atoms with Crippen LogP contribution in [0, 0.1) is 0 Å². The first-order valence-corrected chi connectivity index (χ1v) is 13.0. The highest BCUT2D eigenvalue weighted by atomic mass is 32.2. The number of carbonyl (C=O) groups excluding carboxylic acids is 1. The van der Waals surface area contributed by atoms with E-state index in [1.165, 1.54) is 7.11 Å². The number of para-hydroxylation sites is 2. The lowest BCUT2D eigenvalue weighted by atomic mass is 10.0. The summed E-state index contributed by atoms with van der Waals surface area (Å²) < 4.78 is 5.13. The van der Waals surface area contributed by atoms with Crippen molar-refractivity contribution in [2.24, 2.45) is 4.99 Å². The number of pyridine rings is 1. The van der Waals surface area contributed by atoms with Gasteiger partial charge in [-0.1, -0.05) is 90.6 Å². The molecule has 0 aliphatic heterocycles. The number of methoxy groups -OCH3 is 1. The molecule has 0 amide bonds. The van der Waals surface area contributed by atoms with Gasteiger partial charge < -0.3 is 9.72 Å². The van der Waals surface area contributed by atoms with Gasteiger partial charge in [0.25, 0.3) is 0 Å². The summed E-state index contributed by atoms with van der Waals surface area (Å²) in [4.78, 5) is 30.5. The van der Waals surface area contributed by atoms with E-state index in [1.807, 2.05) is 103 Å². The number of imidazole rings is 1. The number of ether oxygens (including phenoxy) is 1. The molecule has 0 radical (unpaired) electrons. The normalized spacial score (nSPS) is 11.7. The molecule has 37 heavy (non-hydrogen) atoms. The molecule has 7 heteroatoms. The zero-order valence-electron chi connectivity index (χ0n) is 20.4. The smallest absolute Gasteiger partial charge is 0.331 e. The van der Waals surface area contributed by atoms with Crippen LogP contribution in [0.3, 0.4) is 0 Å². The van der Waals surface area contributed by atoms with Crippen molar-refractivity contribution in [3.05, 3.63) is 126 Å². The van der Waals surface area contributed by atoms with Crippen LogP contribution in [0.15, 0.2) is 113 Å². The van der Waals surface area contributed by atoms with E-state index in [9.17, 15) is 4.79 Å². The maximum absolute atomic E-state index is 12.8. The molecule has 2 aromatic heterocycles. The average Bonchev–Trinajstić information content (AvgIpc) is 3.38. The van der Waals surface area contributed by atoms with Crippen LogP contribution in [-0.4, -0.2) is 39.8 Å². The van der Waals surface area contributed by atoms with E-state index in [4.69, 9.17) is 14.7 Å². The number of benzene rings is 3. The van der Waals surface area contributed by atoms with Crippen molar-refractivity contribution in [3.63, 3.8) is 0 Å². The Hall–Kier alpha value is -4.23. The largest absolute Gasteiger partial charge is 0.467 e. The molecule has 6 nitrogen and oxygen atoms in total. The number of thioether (sulfide) groups is 1. The van der Waals surface area contributed by atoms with Crippen LogP contribution in [0.5, 0.6) is 0 Å². The Labute approximate surface area is 219 Å². The summed E-state index contributed by atoms with van der Waals surface area (Å²) in [5.74, 6) is 0.257. The van der Waals surface area contributed by atoms with Gasteiger partial charge in [0.15, 0.2) is 11.2 Å². The van der Waals surface area contributed by atoms with Crippen molar-refractivity contribution in [1.29, 1.82) is 0 Å². The number of fused-ring (bicyclic) bond motifs is 1. The number of aromatic nitrogens is 3. The second-order valence-corrected chi connectivity index (χ2v) is 9.38. The van der Waals surface area contributed by atoms with Crippen LogP contribution < -0.4 is 0 Å². The third kappa shape index (κ3) is 6.13. The van der Waals surface area contributed by atoms with Gasteiger partial charge in [0.05, 0.1) is 29.5 Å². The molecule has 5 aromatic rings. The highest BCUT2D eigenvalue weighted by Gasteiger charge is 2.22. The van der Waals surface area contributed by atoms with Gasteiger partial charge in [0.1, 0.15) is 0 Å². The molecule has 0 fully saturated rings. The predicted molar refractivity (Wildman–Crippen MR) is 148 cm³/mol. The molecule has 1 atom stereocenters. The van der Waals surface area contributed by atoms with Gasteiger partial charge in [-0.05, 0) is 24.3 Å². The van der Waals surface area contributed by atoms with E-state index in [1.54, 1.807) is 11.8 Å². The lowest BCUT2D eigenvalue weighted by Gasteiger charge is -2.15. The number of aliphatic imine (C=N–C) groups is 1. The Balaban J connectivity index is 1.38. The van der Waals surface area contributed by atoms with Crippen molar-refractivity contribution in [2.45, 2.75) is 23.4 Å². The Morgan fingerprint density at radius 2 is 1.49 bits per heavy atom. The number of rotatable bonds is 9. The quantitative estimate of drug-likeness (QED) is 0.154.